The zero-order valence-electron chi connectivity index (χ0n) is 17.2. The van der Waals surface area contributed by atoms with Crippen molar-refractivity contribution in [2.45, 2.75) is 6.92 Å². The van der Waals surface area contributed by atoms with Crippen LogP contribution in [0.5, 0.6) is 11.5 Å². The lowest BCUT2D eigenvalue weighted by molar-refractivity contribution is -0.118. The van der Waals surface area contributed by atoms with Crippen molar-refractivity contribution >= 4 is 23.2 Å². The Morgan fingerprint density at radius 1 is 1.10 bits per heavy atom. The molecule has 0 saturated carbocycles. The number of hydrogen-bond acceptors (Lipinski definition) is 4. The highest BCUT2D eigenvalue weighted by Crippen LogP contribution is 2.34. The first-order valence-electron chi connectivity index (χ1n) is 9.55. The molecule has 0 spiro atoms. The number of halogens is 1. The minimum Gasteiger partial charge on any atom is -0.493 e. The van der Waals surface area contributed by atoms with E-state index >= 15 is 0 Å². The molecule has 0 aliphatic rings. The fourth-order valence-electron chi connectivity index (χ4n) is 2.94. The molecule has 0 aliphatic heterocycles. The first-order chi connectivity index (χ1) is 15.0. The van der Waals surface area contributed by atoms with Crippen LogP contribution in [0, 0.1) is 24.1 Å². The molecule has 3 rings (SSSR count). The molecule has 0 radical (unpaired) electrons. The van der Waals surface area contributed by atoms with E-state index in [9.17, 15) is 14.4 Å². The number of carbonyl (C=O) groups is 1. The lowest BCUT2D eigenvalue weighted by Gasteiger charge is -2.14. The Labute approximate surface area is 180 Å². The first-order valence-corrected chi connectivity index (χ1v) is 9.55. The molecule has 6 heteroatoms. The monoisotopic (exact) mass is 416 g/mol. The Kier molecular flexibility index (Phi) is 7.02. The number of methoxy groups -OCH3 is 1. The highest BCUT2D eigenvalue weighted by atomic mass is 19.1. The molecule has 1 N–H and O–H groups in total. The van der Waals surface area contributed by atoms with Crippen LogP contribution in [-0.4, -0.2) is 19.6 Å². The summed E-state index contributed by atoms with van der Waals surface area (Å²) in [6.45, 7) is 1.69. The second kappa shape index (κ2) is 10.1. The van der Waals surface area contributed by atoms with Gasteiger partial charge in [-0.3, -0.25) is 4.79 Å². The van der Waals surface area contributed by atoms with Crippen molar-refractivity contribution in [2.24, 2.45) is 0 Å². The number of amides is 1. The maximum absolute atomic E-state index is 14.2. The highest BCUT2D eigenvalue weighted by molar-refractivity contribution is 5.93. The average Bonchev–Trinajstić information content (AvgIpc) is 2.78. The number of benzene rings is 3. The van der Waals surface area contributed by atoms with Crippen LogP contribution in [0.25, 0.3) is 11.6 Å². The van der Waals surface area contributed by atoms with Crippen molar-refractivity contribution in [2.75, 3.05) is 19.0 Å². The van der Waals surface area contributed by atoms with Gasteiger partial charge in [-0.05, 0) is 37.3 Å². The summed E-state index contributed by atoms with van der Waals surface area (Å²) in [6.07, 6.45) is 1.51. The third-order valence-electron chi connectivity index (χ3n) is 4.50. The van der Waals surface area contributed by atoms with Gasteiger partial charge in [-0.2, -0.15) is 5.26 Å². The Balaban J connectivity index is 1.85. The molecule has 156 valence electrons. The van der Waals surface area contributed by atoms with Crippen LogP contribution < -0.4 is 14.8 Å². The Morgan fingerprint density at radius 2 is 1.84 bits per heavy atom. The number of carbonyl (C=O) groups excluding carboxylic acids is 1. The van der Waals surface area contributed by atoms with E-state index < -0.39 is 5.82 Å². The van der Waals surface area contributed by atoms with Gasteiger partial charge in [0.2, 0.25) is 0 Å². The lowest BCUT2D eigenvalue weighted by atomic mass is 10.0. The third kappa shape index (κ3) is 5.49. The predicted molar refractivity (Wildman–Crippen MR) is 118 cm³/mol. The molecule has 0 fully saturated rings. The normalized spacial score (nSPS) is 10.8. The molecule has 0 atom stereocenters. The molecular formula is C25H21FN2O3. The summed E-state index contributed by atoms with van der Waals surface area (Å²) >= 11 is 0. The standard InChI is InChI=1S/C25H21FN2O3/c1-17-10-12-20(13-11-17)28-24(29)16-31-25-18(6-5-9-23(25)30-2)14-19(15-27)21-7-3-4-8-22(21)26/h3-14H,16H2,1-2H3,(H,28,29)/b19-14-. The SMILES string of the molecule is COc1cccc(/C=C(/C#N)c2ccccc2F)c1OCC(=O)Nc1ccc(C)cc1. The number of hydrogen-bond donors (Lipinski definition) is 1. The highest BCUT2D eigenvalue weighted by Gasteiger charge is 2.14. The van der Waals surface area contributed by atoms with E-state index in [1.54, 1.807) is 42.5 Å². The van der Waals surface area contributed by atoms with Crippen molar-refractivity contribution in [1.29, 1.82) is 5.26 Å². The van der Waals surface area contributed by atoms with Crippen LogP contribution in [-0.2, 0) is 4.79 Å². The fraction of sp³-hybridized carbons (Fsp3) is 0.120. The number of para-hydroxylation sites is 1. The number of ether oxygens (including phenoxy) is 2. The summed E-state index contributed by atoms with van der Waals surface area (Å²) in [5.74, 6) is -0.173. The molecule has 0 saturated heterocycles. The number of nitriles is 1. The van der Waals surface area contributed by atoms with Crippen molar-refractivity contribution in [3.63, 3.8) is 0 Å². The van der Waals surface area contributed by atoms with E-state index in [2.05, 4.69) is 5.32 Å². The largest absolute Gasteiger partial charge is 0.493 e. The molecule has 5 nitrogen and oxygen atoms in total. The van der Waals surface area contributed by atoms with Crippen LogP contribution in [0.2, 0.25) is 0 Å². The lowest BCUT2D eigenvalue weighted by Crippen LogP contribution is -2.20. The summed E-state index contributed by atoms with van der Waals surface area (Å²) < 4.78 is 25.3. The number of rotatable bonds is 7. The van der Waals surface area contributed by atoms with E-state index in [0.717, 1.165) is 5.56 Å². The second-order valence-corrected chi connectivity index (χ2v) is 6.73. The van der Waals surface area contributed by atoms with E-state index in [-0.39, 0.29) is 29.4 Å². The van der Waals surface area contributed by atoms with Crippen LogP contribution in [0.3, 0.4) is 0 Å². The Hall–Kier alpha value is -4.11. The van der Waals surface area contributed by atoms with Crippen molar-refractivity contribution in [3.05, 3.63) is 89.2 Å². The molecule has 31 heavy (non-hydrogen) atoms. The van der Waals surface area contributed by atoms with Crippen LogP contribution in [0.4, 0.5) is 10.1 Å². The van der Waals surface area contributed by atoms with E-state index in [0.29, 0.717) is 17.0 Å². The first kappa shape index (κ1) is 21.6. The quantitative estimate of drug-likeness (QED) is 0.423. The van der Waals surface area contributed by atoms with Gasteiger partial charge in [0, 0.05) is 16.8 Å². The van der Waals surface area contributed by atoms with E-state index in [1.807, 2.05) is 25.1 Å². The summed E-state index contributed by atoms with van der Waals surface area (Å²) in [4.78, 5) is 12.3. The van der Waals surface area contributed by atoms with Crippen LogP contribution in [0.1, 0.15) is 16.7 Å². The van der Waals surface area contributed by atoms with E-state index in [1.165, 1.54) is 25.3 Å². The van der Waals surface area contributed by atoms with Gasteiger partial charge in [0.1, 0.15) is 5.82 Å². The van der Waals surface area contributed by atoms with Gasteiger partial charge >= 0.3 is 0 Å². The van der Waals surface area contributed by atoms with Crippen LogP contribution in [0.15, 0.2) is 66.7 Å². The third-order valence-corrected chi connectivity index (χ3v) is 4.50. The Morgan fingerprint density at radius 3 is 2.52 bits per heavy atom. The molecule has 3 aromatic carbocycles. The smallest absolute Gasteiger partial charge is 0.262 e. The average molecular weight is 416 g/mol. The van der Waals surface area contributed by atoms with Gasteiger partial charge in [-0.25, -0.2) is 4.39 Å². The second-order valence-electron chi connectivity index (χ2n) is 6.73. The Bertz CT molecular complexity index is 1150. The van der Waals surface area contributed by atoms with Crippen molar-refractivity contribution in [3.8, 4) is 17.6 Å². The van der Waals surface area contributed by atoms with Crippen LogP contribution >= 0.6 is 0 Å². The molecular weight excluding hydrogens is 395 g/mol. The molecule has 1 amide bonds. The van der Waals surface area contributed by atoms with Gasteiger partial charge in [0.15, 0.2) is 18.1 Å². The van der Waals surface area contributed by atoms with Gasteiger partial charge in [-0.15, -0.1) is 0 Å². The number of aryl methyl sites for hydroxylation is 1. The minimum atomic E-state index is -0.502. The fourth-order valence-corrected chi connectivity index (χ4v) is 2.94. The zero-order valence-corrected chi connectivity index (χ0v) is 17.2. The van der Waals surface area contributed by atoms with Crippen molar-refractivity contribution < 1.29 is 18.7 Å². The summed E-state index contributed by atoms with van der Waals surface area (Å²) in [5, 5.41) is 12.3. The maximum Gasteiger partial charge on any atom is 0.262 e. The topological polar surface area (TPSA) is 71.3 Å². The van der Waals surface area contributed by atoms with Gasteiger partial charge < -0.3 is 14.8 Å². The maximum atomic E-state index is 14.2. The molecule has 0 heterocycles. The summed E-state index contributed by atoms with van der Waals surface area (Å²) in [5.41, 5.74) is 2.53. The van der Waals surface area contributed by atoms with Gasteiger partial charge in [-0.1, -0.05) is 48.0 Å². The molecule has 0 aromatic heterocycles. The van der Waals surface area contributed by atoms with Gasteiger partial charge in [0.25, 0.3) is 5.91 Å². The van der Waals surface area contributed by atoms with Crippen molar-refractivity contribution in [1.82, 2.24) is 0 Å². The number of nitrogens with one attached hydrogen (secondary N) is 1. The number of nitrogens with zero attached hydrogens (tertiary/aromatic N) is 1. The van der Waals surface area contributed by atoms with Gasteiger partial charge in [0.05, 0.1) is 18.8 Å². The minimum absolute atomic E-state index is 0.125. The number of allylic oxidation sites excluding steroid dienone is 1. The molecule has 0 bridgehead atoms. The summed E-state index contributed by atoms with van der Waals surface area (Å²) in [7, 11) is 1.48. The van der Waals surface area contributed by atoms with E-state index in [4.69, 9.17) is 9.47 Å². The zero-order chi connectivity index (χ0) is 22.2. The molecule has 3 aromatic rings. The summed E-state index contributed by atoms with van der Waals surface area (Å²) in [6, 6.07) is 20.6. The molecule has 0 aliphatic carbocycles. The predicted octanol–water partition coefficient (Wildman–Crippen LogP) is 5.22. The number of anilines is 1. The molecule has 0 unspecified atom stereocenters.